The molecule has 0 fully saturated rings. The van der Waals surface area contributed by atoms with Gasteiger partial charge in [-0.25, -0.2) is 0 Å². The minimum atomic E-state index is -1.44. The lowest BCUT2D eigenvalue weighted by atomic mass is 9.76. The number of hydrogen-bond acceptors (Lipinski definition) is 2. The summed E-state index contributed by atoms with van der Waals surface area (Å²) in [6, 6.07) is 3.53. The normalized spacial score (nSPS) is 11.3. The molecule has 1 rings (SSSR count). The maximum atomic E-state index is 9.24. The number of hydrogen-bond donors (Lipinski definition) is 2. The number of benzene rings is 1. The summed E-state index contributed by atoms with van der Waals surface area (Å²) in [5, 5.41) is 19.2. The molecule has 0 aliphatic heterocycles. The van der Waals surface area contributed by atoms with E-state index in [4.69, 9.17) is 11.6 Å². The molecule has 2 nitrogen and oxygen atoms in total. The molecular weight excluding hydrogens is 222 g/mol. The lowest BCUT2D eigenvalue weighted by Gasteiger charge is -2.17. The topological polar surface area (TPSA) is 40.5 Å². The van der Waals surface area contributed by atoms with Crippen molar-refractivity contribution in [1.82, 2.24) is 0 Å². The van der Waals surface area contributed by atoms with Gasteiger partial charge in [0.1, 0.15) is 0 Å². The third kappa shape index (κ3) is 2.79. The highest BCUT2D eigenvalue weighted by Gasteiger charge is 2.19. The summed E-state index contributed by atoms with van der Waals surface area (Å²) in [5.41, 5.74) is 2.45. The molecule has 0 bridgehead atoms. The fourth-order valence-corrected chi connectivity index (χ4v) is 2.23. The third-order valence-electron chi connectivity index (χ3n) is 2.69. The van der Waals surface area contributed by atoms with Gasteiger partial charge in [0.15, 0.2) is 0 Å². The van der Waals surface area contributed by atoms with E-state index in [0.29, 0.717) is 5.46 Å². The Balaban J connectivity index is 3.39. The molecule has 0 radical (unpaired) electrons. The lowest BCUT2D eigenvalue weighted by Crippen LogP contribution is -2.31. The van der Waals surface area contributed by atoms with Gasteiger partial charge in [-0.05, 0) is 28.4 Å². The Hall–Kier alpha value is -0.505. The van der Waals surface area contributed by atoms with Crippen LogP contribution in [0.25, 0.3) is 0 Å². The number of rotatable bonds is 3. The second-order valence-electron chi connectivity index (χ2n) is 4.70. The lowest BCUT2D eigenvalue weighted by molar-refractivity contribution is 0.425. The van der Waals surface area contributed by atoms with E-state index in [1.807, 2.05) is 27.7 Å². The first-order valence-electron chi connectivity index (χ1n) is 5.54. The van der Waals surface area contributed by atoms with Crippen LogP contribution in [-0.4, -0.2) is 17.2 Å². The van der Waals surface area contributed by atoms with Gasteiger partial charge < -0.3 is 10.0 Å². The van der Waals surface area contributed by atoms with Crippen molar-refractivity contribution in [2.75, 3.05) is 0 Å². The van der Waals surface area contributed by atoms with Gasteiger partial charge in [-0.3, -0.25) is 0 Å². The van der Waals surface area contributed by atoms with Crippen molar-refractivity contribution in [3.63, 3.8) is 0 Å². The maximum Gasteiger partial charge on any atom is 0.488 e. The third-order valence-corrected chi connectivity index (χ3v) is 3.13. The van der Waals surface area contributed by atoms with E-state index in [9.17, 15) is 10.0 Å². The molecule has 0 aromatic heterocycles. The van der Waals surface area contributed by atoms with Crippen LogP contribution >= 0.6 is 11.6 Å². The average molecular weight is 241 g/mol. The van der Waals surface area contributed by atoms with Gasteiger partial charge in [-0.15, -0.1) is 0 Å². The Morgan fingerprint density at radius 2 is 1.38 bits per heavy atom. The Morgan fingerprint density at radius 3 is 1.62 bits per heavy atom. The highest BCUT2D eigenvalue weighted by molar-refractivity contribution is 6.58. The van der Waals surface area contributed by atoms with E-state index in [2.05, 4.69) is 0 Å². The van der Waals surface area contributed by atoms with Crippen molar-refractivity contribution in [3.05, 3.63) is 28.3 Å². The summed E-state index contributed by atoms with van der Waals surface area (Å²) in [6.45, 7) is 8.16. The van der Waals surface area contributed by atoms with Crippen LogP contribution < -0.4 is 5.46 Å². The molecule has 0 amide bonds. The summed E-state index contributed by atoms with van der Waals surface area (Å²) in [5.74, 6) is 0.535. The van der Waals surface area contributed by atoms with Crippen molar-refractivity contribution < 1.29 is 10.0 Å². The molecule has 0 aliphatic rings. The second kappa shape index (κ2) is 5.22. The van der Waals surface area contributed by atoms with E-state index in [-0.39, 0.29) is 11.8 Å². The van der Waals surface area contributed by atoms with E-state index < -0.39 is 7.12 Å². The molecule has 1 aromatic rings. The average Bonchev–Trinajstić information content (AvgIpc) is 2.16. The van der Waals surface area contributed by atoms with Gasteiger partial charge in [0, 0.05) is 5.02 Å². The summed E-state index contributed by atoms with van der Waals surface area (Å²) >= 11 is 6.31. The van der Waals surface area contributed by atoms with E-state index in [0.717, 1.165) is 16.1 Å². The molecule has 0 spiro atoms. The van der Waals surface area contributed by atoms with Crippen molar-refractivity contribution in [3.8, 4) is 0 Å². The molecule has 0 heterocycles. The molecule has 0 aliphatic carbocycles. The van der Waals surface area contributed by atoms with E-state index >= 15 is 0 Å². The van der Waals surface area contributed by atoms with Crippen LogP contribution in [0.2, 0.25) is 5.02 Å². The van der Waals surface area contributed by atoms with Crippen LogP contribution in [-0.2, 0) is 0 Å². The van der Waals surface area contributed by atoms with Crippen LogP contribution in [0.5, 0.6) is 0 Å². The summed E-state index contributed by atoms with van der Waals surface area (Å²) in [4.78, 5) is 0. The first-order chi connectivity index (χ1) is 7.34. The molecular formula is C12H18BClO2. The first-order valence-corrected chi connectivity index (χ1v) is 5.91. The molecule has 88 valence electrons. The Bertz CT molecular complexity index is 346. The van der Waals surface area contributed by atoms with Crippen molar-refractivity contribution >= 4 is 24.2 Å². The molecule has 2 N–H and O–H groups in total. The van der Waals surface area contributed by atoms with Crippen molar-refractivity contribution in [2.24, 2.45) is 0 Å². The monoisotopic (exact) mass is 240 g/mol. The number of halogens is 1. The van der Waals surface area contributed by atoms with Gasteiger partial charge >= 0.3 is 7.12 Å². The predicted molar refractivity (Wildman–Crippen MR) is 69.5 cm³/mol. The Labute approximate surface area is 102 Å². The Morgan fingerprint density at radius 1 is 1.00 bits per heavy atom. The molecule has 16 heavy (non-hydrogen) atoms. The van der Waals surface area contributed by atoms with Crippen molar-refractivity contribution in [2.45, 2.75) is 39.5 Å². The Kier molecular flexibility index (Phi) is 4.42. The zero-order chi connectivity index (χ0) is 12.5. The molecule has 0 atom stereocenters. The smallest absolute Gasteiger partial charge is 0.423 e. The highest BCUT2D eigenvalue weighted by Crippen LogP contribution is 2.31. The van der Waals surface area contributed by atoms with E-state index in [1.165, 1.54) is 0 Å². The van der Waals surface area contributed by atoms with Crippen LogP contribution in [0.15, 0.2) is 12.1 Å². The summed E-state index contributed by atoms with van der Waals surface area (Å²) in [7, 11) is -1.44. The summed E-state index contributed by atoms with van der Waals surface area (Å²) < 4.78 is 0. The van der Waals surface area contributed by atoms with Crippen LogP contribution in [0.4, 0.5) is 0 Å². The quantitative estimate of drug-likeness (QED) is 0.796. The summed E-state index contributed by atoms with van der Waals surface area (Å²) in [6.07, 6.45) is 0. The molecule has 0 saturated carbocycles. The highest BCUT2D eigenvalue weighted by atomic mass is 35.5. The molecule has 1 aromatic carbocycles. The molecule has 0 unspecified atom stereocenters. The second-order valence-corrected chi connectivity index (χ2v) is 5.07. The predicted octanol–water partition coefficient (Wildman–Crippen LogP) is 2.27. The van der Waals surface area contributed by atoms with Crippen LogP contribution in [0.1, 0.15) is 50.7 Å². The fraction of sp³-hybridized carbons (Fsp3) is 0.500. The zero-order valence-corrected chi connectivity index (χ0v) is 10.9. The van der Waals surface area contributed by atoms with Gasteiger partial charge in [0.2, 0.25) is 0 Å². The van der Waals surface area contributed by atoms with Gasteiger partial charge in [-0.2, -0.15) is 0 Å². The van der Waals surface area contributed by atoms with E-state index in [1.54, 1.807) is 12.1 Å². The van der Waals surface area contributed by atoms with Gasteiger partial charge in [0.25, 0.3) is 0 Å². The SMILES string of the molecule is CC(C)c1cc(B(O)O)cc(C(C)C)c1Cl. The van der Waals surface area contributed by atoms with Crippen molar-refractivity contribution in [1.29, 1.82) is 0 Å². The van der Waals surface area contributed by atoms with Gasteiger partial charge in [0.05, 0.1) is 0 Å². The van der Waals surface area contributed by atoms with Crippen LogP contribution in [0, 0.1) is 0 Å². The standard InChI is InChI=1S/C12H18BClO2/c1-7(2)10-5-9(13(15)16)6-11(8(3)4)12(10)14/h5-8,15-16H,1-4H3. The fourth-order valence-electron chi connectivity index (χ4n) is 1.68. The minimum absolute atomic E-state index is 0.267. The largest absolute Gasteiger partial charge is 0.488 e. The van der Waals surface area contributed by atoms with Gasteiger partial charge in [-0.1, -0.05) is 51.4 Å². The molecule has 4 heteroatoms. The maximum absolute atomic E-state index is 9.24. The minimum Gasteiger partial charge on any atom is -0.423 e. The first kappa shape index (κ1) is 13.6. The zero-order valence-electron chi connectivity index (χ0n) is 10.2. The molecule has 0 saturated heterocycles. The van der Waals surface area contributed by atoms with Crippen LogP contribution in [0.3, 0.4) is 0 Å².